The Labute approximate surface area is 209 Å². The van der Waals surface area contributed by atoms with Crippen LogP contribution in [-0.2, 0) is 5.41 Å². The van der Waals surface area contributed by atoms with Gasteiger partial charge in [0.1, 0.15) is 17.3 Å². The number of methoxy groups -OCH3 is 2. The molecule has 4 rings (SSSR count). The van der Waals surface area contributed by atoms with Gasteiger partial charge in [0, 0.05) is 29.4 Å². The average molecular weight is 490 g/mol. The Bertz CT molecular complexity index is 1420. The number of urea groups is 1. The van der Waals surface area contributed by atoms with Crippen LogP contribution in [0.3, 0.4) is 0 Å². The molecule has 2 N–H and O–H groups in total. The zero-order valence-corrected chi connectivity index (χ0v) is 20.8. The Morgan fingerprint density at radius 1 is 0.889 bits per heavy atom. The van der Waals surface area contributed by atoms with Gasteiger partial charge in [-0.3, -0.25) is 4.98 Å². The summed E-state index contributed by atoms with van der Waals surface area (Å²) >= 11 is 0. The fourth-order valence-electron chi connectivity index (χ4n) is 3.67. The molecule has 36 heavy (non-hydrogen) atoms. The minimum atomic E-state index is -0.635. The molecule has 0 fully saturated rings. The van der Waals surface area contributed by atoms with Crippen molar-refractivity contribution in [2.45, 2.75) is 26.2 Å². The quantitative estimate of drug-likeness (QED) is 0.301. The van der Waals surface area contributed by atoms with Gasteiger partial charge in [0.25, 0.3) is 0 Å². The third kappa shape index (κ3) is 5.49. The number of anilines is 2. The van der Waals surface area contributed by atoms with E-state index in [1.165, 1.54) is 12.1 Å². The number of hydrogen-bond donors (Lipinski definition) is 2. The number of ether oxygens (including phenoxy) is 3. The number of benzene rings is 3. The molecule has 2 amide bonds. The molecule has 0 aliphatic heterocycles. The molecule has 186 valence electrons. The van der Waals surface area contributed by atoms with E-state index in [1.54, 1.807) is 50.7 Å². The van der Waals surface area contributed by atoms with E-state index in [0.717, 1.165) is 5.56 Å². The van der Waals surface area contributed by atoms with Crippen LogP contribution >= 0.6 is 0 Å². The van der Waals surface area contributed by atoms with Crippen molar-refractivity contribution in [2.75, 3.05) is 24.9 Å². The molecular formula is C28H28FN3O4. The number of nitrogens with zero attached hydrogens (tertiary/aromatic N) is 1. The second kappa shape index (κ2) is 10.1. The highest BCUT2D eigenvalue weighted by Crippen LogP contribution is 2.37. The number of aromatic nitrogens is 1. The number of pyridine rings is 1. The smallest absolute Gasteiger partial charge is 0.323 e. The third-order valence-corrected chi connectivity index (χ3v) is 5.61. The fourth-order valence-corrected chi connectivity index (χ4v) is 3.67. The summed E-state index contributed by atoms with van der Waals surface area (Å²) in [5, 5.41) is 5.97. The Hall–Kier alpha value is -4.33. The minimum Gasteiger partial charge on any atom is -0.493 e. The molecule has 1 heterocycles. The van der Waals surface area contributed by atoms with E-state index in [4.69, 9.17) is 14.2 Å². The molecular weight excluding hydrogens is 461 g/mol. The number of hydrogen-bond acceptors (Lipinski definition) is 5. The van der Waals surface area contributed by atoms with Crippen molar-refractivity contribution in [1.82, 2.24) is 4.98 Å². The Kier molecular flexibility index (Phi) is 6.96. The van der Waals surface area contributed by atoms with Crippen LogP contribution in [0.25, 0.3) is 10.9 Å². The highest BCUT2D eigenvalue weighted by molar-refractivity contribution is 6.00. The second-order valence-corrected chi connectivity index (χ2v) is 9.19. The summed E-state index contributed by atoms with van der Waals surface area (Å²) in [5.41, 5.74) is 2.30. The Morgan fingerprint density at radius 3 is 2.33 bits per heavy atom. The lowest BCUT2D eigenvalue weighted by Crippen LogP contribution is -2.20. The fraction of sp³-hybridized carbons (Fsp3) is 0.214. The molecule has 0 atom stereocenters. The lowest BCUT2D eigenvalue weighted by atomic mass is 9.87. The highest BCUT2D eigenvalue weighted by Gasteiger charge is 2.16. The molecule has 0 aliphatic rings. The van der Waals surface area contributed by atoms with Gasteiger partial charge in [-0.1, -0.05) is 32.9 Å². The predicted molar refractivity (Wildman–Crippen MR) is 139 cm³/mol. The van der Waals surface area contributed by atoms with E-state index in [1.807, 2.05) is 18.2 Å². The van der Waals surface area contributed by atoms with Gasteiger partial charge in [0.2, 0.25) is 0 Å². The summed E-state index contributed by atoms with van der Waals surface area (Å²) in [6.45, 7) is 6.27. The number of amides is 2. The summed E-state index contributed by atoms with van der Waals surface area (Å²) < 4.78 is 31.5. The number of rotatable bonds is 6. The topological polar surface area (TPSA) is 81.7 Å². The molecule has 8 heteroatoms. The molecule has 0 saturated carbocycles. The first-order valence-electron chi connectivity index (χ1n) is 11.3. The second-order valence-electron chi connectivity index (χ2n) is 9.19. The van der Waals surface area contributed by atoms with Crippen LogP contribution in [-0.4, -0.2) is 25.2 Å². The van der Waals surface area contributed by atoms with Crippen LogP contribution in [0, 0.1) is 5.82 Å². The number of fused-ring (bicyclic) bond motifs is 1. The van der Waals surface area contributed by atoms with E-state index < -0.39 is 11.8 Å². The van der Waals surface area contributed by atoms with Crippen molar-refractivity contribution >= 4 is 28.3 Å². The zero-order chi connectivity index (χ0) is 25.9. The van der Waals surface area contributed by atoms with Gasteiger partial charge in [-0.05, 0) is 47.4 Å². The first-order chi connectivity index (χ1) is 17.2. The Balaban J connectivity index is 1.50. The van der Waals surface area contributed by atoms with Gasteiger partial charge in [-0.25, -0.2) is 9.18 Å². The van der Waals surface area contributed by atoms with Crippen LogP contribution in [0.5, 0.6) is 23.0 Å². The molecule has 0 saturated heterocycles. The number of carbonyl (C=O) groups excluding carboxylic acids is 1. The third-order valence-electron chi connectivity index (χ3n) is 5.61. The standard InChI is InChI=1S/C28H28FN3O4/c1-28(2,3)17-7-6-8-18(13-17)31-27(33)32-22-10-9-19(14-21(22)29)36-24-11-12-30-23-16-26(35-5)25(34-4)15-20(23)24/h6-16H,1-5H3,(H2,31,32,33). The van der Waals surface area contributed by atoms with Gasteiger partial charge in [-0.2, -0.15) is 0 Å². The Morgan fingerprint density at radius 2 is 1.64 bits per heavy atom. The van der Waals surface area contributed by atoms with Crippen molar-refractivity contribution in [3.63, 3.8) is 0 Å². The minimum absolute atomic E-state index is 0.0258. The van der Waals surface area contributed by atoms with Gasteiger partial charge in [0.05, 0.1) is 25.4 Å². The van der Waals surface area contributed by atoms with Crippen molar-refractivity contribution in [2.24, 2.45) is 0 Å². The zero-order valence-electron chi connectivity index (χ0n) is 20.8. The number of halogens is 1. The summed E-state index contributed by atoms with van der Waals surface area (Å²) in [6, 6.07) is 16.4. The lowest BCUT2D eigenvalue weighted by molar-refractivity contribution is 0.262. The summed E-state index contributed by atoms with van der Waals surface area (Å²) in [5.74, 6) is 1.16. The first kappa shape index (κ1) is 24.8. The van der Waals surface area contributed by atoms with Crippen LogP contribution in [0.4, 0.5) is 20.6 Å². The molecule has 0 spiro atoms. The van der Waals surface area contributed by atoms with Gasteiger partial charge >= 0.3 is 6.03 Å². The van der Waals surface area contributed by atoms with E-state index in [-0.39, 0.29) is 16.9 Å². The molecule has 7 nitrogen and oxygen atoms in total. The average Bonchev–Trinajstić information content (AvgIpc) is 2.84. The molecule has 0 bridgehead atoms. The van der Waals surface area contributed by atoms with Crippen LogP contribution in [0.2, 0.25) is 0 Å². The SMILES string of the molecule is COc1cc2nccc(Oc3ccc(NC(=O)Nc4cccc(C(C)(C)C)c4)c(F)c3)c2cc1OC. The first-order valence-corrected chi connectivity index (χ1v) is 11.3. The van der Waals surface area contributed by atoms with E-state index in [2.05, 4.69) is 36.4 Å². The summed E-state index contributed by atoms with van der Waals surface area (Å²) in [7, 11) is 3.09. The normalized spacial score (nSPS) is 11.2. The highest BCUT2D eigenvalue weighted by atomic mass is 19.1. The van der Waals surface area contributed by atoms with E-state index in [0.29, 0.717) is 33.8 Å². The van der Waals surface area contributed by atoms with Crippen LogP contribution in [0.1, 0.15) is 26.3 Å². The van der Waals surface area contributed by atoms with Crippen LogP contribution in [0.15, 0.2) is 66.9 Å². The van der Waals surface area contributed by atoms with Crippen molar-refractivity contribution in [3.8, 4) is 23.0 Å². The van der Waals surface area contributed by atoms with Gasteiger partial charge in [-0.15, -0.1) is 0 Å². The summed E-state index contributed by atoms with van der Waals surface area (Å²) in [4.78, 5) is 16.8. The van der Waals surface area contributed by atoms with Crippen molar-refractivity contribution in [3.05, 3.63) is 78.2 Å². The largest absolute Gasteiger partial charge is 0.493 e. The monoisotopic (exact) mass is 489 g/mol. The molecule has 1 aromatic heterocycles. The van der Waals surface area contributed by atoms with Gasteiger partial charge in [0.15, 0.2) is 11.5 Å². The predicted octanol–water partition coefficient (Wildman–Crippen LogP) is 7.12. The van der Waals surface area contributed by atoms with Crippen molar-refractivity contribution in [1.29, 1.82) is 0 Å². The maximum Gasteiger partial charge on any atom is 0.323 e. The molecule has 4 aromatic rings. The van der Waals surface area contributed by atoms with E-state index in [9.17, 15) is 9.18 Å². The maximum atomic E-state index is 14.8. The maximum absolute atomic E-state index is 14.8. The number of nitrogens with one attached hydrogen (secondary N) is 2. The van der Waals surface area contributed by atoms with Gasteiger partial charge < -0.3 is 24.8 Å². The molecule has 0 radical (unpaired) electrons. The van der Waals surface area contributed by atoms with Crippen LogP contribution < -0.4 is 24.8 Å². The van der Waals surface area contributed by atoms with Crippen molar-refractivity contribution < 1.29 is 23.4 Å². The molecule has 0 unspecified atom stereocenters. The lowest BCUT2D eigenvalue weighted by Gasteiger charge is -2.20. The molecule has 3 aromatic carbocycles. The number of carbonyl (C=O) groups is 1. The molecule has 0 aliphatic carbocycles. The van der Waals surface area contributed by atoms with E-state index >= 15 is 0 Å². The summed E-state index contributed by atoms with van der Waals surface area (Å²) in [6.07, 6.45) is 1.59.